The van der Waals surface area contributed by atoms with Crippen molar-refractivity contribution in [2.45, 2.75) is 102 Å². The van der Waals surface area contributed by atoms with E-state index < -0.39 is 11.7 Å². The fourth-order valence-electron chi connectivity index (χ4n) is 6.01. The Morgan fingerprint density at radius 3 is 1.82 bits per heavy atom. The average Bonchev–Trinajstić information content (AvgIpc) is 2.85. The molecule has 0 unspecified atom stereocenters. The van der Waals surface area contributed by atoms with Gasteiger partial charge in [0.1, 0.15) is 0 Å². The first kappa shape index (κ1) is 26.6. The van der Waals surface area contributed by atoms with Crippen molar-refractivity contribution < 1.29 is 13.2 Å². The maximum Gasteiger partial charge on any atom is 0.416 e. The number of allylic oxidation sites excluding steroid dienone is 4. The van der Waals surface area contributed by atoms with Crippen LogP contribution in [0, 0.1) is 29.1 Å². The summed E-state index contributed by atoms with van der Waals surface area (Å²) in [5.74, 6) is 3.03. The van der Waals surface area contributed by atoms with E-state index in [1.54, 1.807) is 12.1 Å². The third kappa shape index (κ3) is 8.97. The number of nitriles is 1. The molecule has 1 aromatic carbocycles. The first-order valence-corrected chi connectivity index (χ1v) is 13.3. The maximum absolute atomic E-state index is 12.8. The third-order valence-corrected chi connectivity index (χ3v) is 8.16. The first-order chi connectivity index (χ1) is 16.5. The van der Waals surface area contributed by atoms with Crippen LogP contribution in [0.3, 0.4) is 0 Å². The molecule has 2 aliphatic rings. The van der Waals surface area contributed by atoms with Crippen molar-refractivity contribution in [1.29, 1.82) is 5.26 Å². The molecule has 0 N–H and O–H groups in total. The lowest BCUT2D eigenvalue weighted by Gasteiger charge is -2.30. The Hall–Kier alpha value is -2.02. The lowest BCUT2D eigenvalue weighted by atomic mass is 9.76. The van der Waals surface area contributed by atoms with Crippen LogP contribution in [-0.2, 0) is 6.18 Å². The summed E-state index contributed by atoms with van der Waals surface area (Å²) < 4.78 is 38.3. The highest BCUT2D eigenvalue weighted by Crippen LogP contribution is 2.39. The molecule has 4 heteroatoms. The monoisotopic (exact) mass is 471 g/mol. The van der Waals surface area contributed by atoms with Crippen molar-refractivity contribution in [2.75, 3.05) is 0 Å². The number of alkyl halides is 3. The van der Waals surface area contributed by atoms with Gasteiger partial charge in [-0.05, 0) is 79.9 Å². The highest BCUT2D eigenvalue weighted by Gasteiger charge is 2.30. The van der Waals surface area contributed by atoms with Gasteiger partial charge >= 0.3 is 6.18 Å². The number of nitrogens with zero attached hydrogens (tertiary/aromatic N) is 1. The fraction of sp³-hybridized carbons (Fsp3) is 0.633. The van der Waals surface area contributed by atoms with Crippen LogP contribution in [-0.4, -0.2) is 0 Å². The van der Waals surface area contributed by atoms with Crippen molar-refractivity contribution in [1.82, 2.24) is 0 Å². The fourth-order valence-corrected chi connectivity index (χ4v) is 6.01. The van der Waals surface area contributed by atoms with Crippen LogP contribution >= 0.6 is 0 Å². The SMILES string of the molecule is N#CC=CC=CCC[C@H]1CC[C@H](CCCC[C@H]2CC[C@H](c3ccc(C(F)(F)F)cc3)CC2)CC1. The highest BCUT2D eigenvalue weighted by atomic mass is 19.4. The standard InChI is InChI=1S/C30H40F3N/c31-30(32,33)29-21-19-28(20-22-29)27-17-15-26(16-18-27)10-6-5-9-25-13-11-24(12-14-25)8-4-2-1-3-7-23-34/h1-3,7,19-22,24-27H,4-6,8-18H2/t24-,25-,26-,27-. The second kappa shape index (κ2) is 13.8. The summed E-state index contributed by atoms with van der Waals surface area (Å²) in [6.07, 6.45) is 21.2. The number of unbranched alkanes of at least 4 members (excludes halogenated alkanes) is 1. The summed E-state index contributed by atoms with van der Waals surface area (Å²) in [6, 6.07) is 7.86. The normalized spacial score (nSPS) is 26.2. The zero-order chi connectivity index (χ0) is 24.2. The van der Waals surface area contributed by atoms with E-state index in [9.17, 15) is 13.2 Å². The van der Waals surface area contributed by atoms with Crippen molar-refractivity contribution in [2.24, 2.45) is 17.8 Å². The van der Waals surface area contributed by atoms with Gasteiger partial charge in [-0.15, -0.1) is 0 Å². The predicted octanol–water partition coefficient (Wildman–Crippen LogP) is 9.76. The Kier molecular flexibility index (Phi) is 10.8. The quantitative estimate of drug-likeness (QED) is 0.189. The van der Waals surface area contributed by atoms with E-state index in [-0.39, 0.29) is 0 Å². The largest absolute Gasteiger partial charge is 0.416 e. The number of halogens is 3. The smallest absolute Gasteiger partial charge is 0.193 e. The molecule has 0 aromatic heterocycles. The lowest BCUT2D eigenvalue weighted by Crippen LogP contribution is -2.15. The lowest BCUT2D eigenvalue weighted by molar-refractivity contribution is -0.137. The minimum Gasteiger partial charge on any atom is -0.193 e. The number of rotatable bonds is 10. The Morgan fingerprint density at radius 1 is 0.765 bits per heavy atom. The minimum atomic E-state index is -4.25. The molecule has 3 rings (SSSR count). The number of hydrogen-bond donors (Lipinski definition) is 0. The molecule has 34 heavy (non-hydrogen) atoms. The van der Waals surface area contributed by atoms with Crippen molar-refractivity contribution >= 4 is 0 Å². The predicted molar refractivity (Wildman–Crippen MR) is 133 cm³/mol. The van der Waals surface area contributed by atoms with Gasteiger partial charge < -0.3 is 0 Å². The molecule has 0 spiro atoms. The average molecular weight is 472 g/mol. The summed E-state index contributed by atoms with van der Waals surface area (Å²) in [6.45, 7) is 0. The molecular weight excluding hydrogens is 431 g/mol. The molecule has 0 heterocycles. The molecular formula is C30H40F3N. The van der Waals surface area contributed by atoms with Gasteiger partial charge in [-0.1, -0.05) is 81.7 Å². The Balaban J connectivity index is 1.23. The molecule has 186 valence electrons. The molecule has 1 aromatic rings. The van der Waals surface area contributed by atoms with E-state index in [1.807, 2.05) is 18.2 Å². The summed E-state index contributed by atoms with van der Waals surface area (Å²) in [5.41, 5.74) is 0.533. The van der Waals surface area contributed by atoms with Gasteiger partial charge in [0.05, 0.1) is 11.6 Å². The summed E-state index contributed by atoms with van der Waals surface area (Å²) in [4.78, 5) is 0. The van der Waals surface area contributed by atoms with Crippen molar-refractivity contribution in [3.05, 3.63) is 59.7 Å². The van der Waals surface area contributed by atoms with E-state index in [0.717, 1.165) is 42.6 Å². The Morgan fingerprint density at radius 2 is 1.29 bits per heavy atom. The zero-order valence-electron chi connectivity index (χ0n) is 20.4. The molecule has 2 saturated carbocycles. The van der Waals surface area contributed by atoms with Crippen LogP contribution in [0.15, 0.2) is 48.6 Å². The number of hydrogen-bond acceptors (Lipinski definition) is 1. The Bertz CT molecular complexity index is 799. The van der Waals surface area contributed by atoms with Crippen LogP contribution in [0.25, 0.3) is 0 Å². The van der Waals surface area contributed by atoms with Gasteiger partial charge in [-0.2, -0.15) is 18.4 Å². The molecule has 1 nitrogen and oxygen atoms in total. The summed E-state index contributed by atoms with van der Waals surface area (Å²) in [5, 5.41) is 8.47. The topological polar surface area (TPSA) is 23.8 Å². The summed E-state index contributed by atoms with van der Waals surface area (Å²) >= 11 is 0. The molecule has 2 fully saturated rings. The van der Waals surface area contributed by atoms with Gasteiger partial charge in [0.25, 0.3) is 0 Å². The van der Waals surface area contributed by atoms with Crippen LogP contribution in [0.1, 0.15) is 107 Å². The molecule has 0 bridgehead atoms. The van der Waals surface area contributed by atoms with Gasteiger partial charge in [0.2, 0.25) is 0 Å². The molecule has 2 aliphatic carbocycles. The van der Waals surface area contributed by atoms with Gasteiger partial charge in [-0.3, -0.25) is 0 Å². The molecule has 0 atom stereocenters. The molecule has 0 amide bonds. The zero-order valence-corrected chi connectivity index (χ0v) is 20.4. The van der Waals surface area contributed by atoms with Crippen LogP contribution in [0.2, 0.25) is 0 Å². The number of benzene rings is 1. The van der Waals surface area contributed by atoms with E-state index in [0.29, 0.717) is 5.92 Å². The van der Waals surface area contributed by atoms with E-state index in [2.05, 4.69) is 6.08 Å². The van der Waals surface area contributed by atoms with Crippen molar-refractivity contribution in [3.8, 4) is 6.07 Å². The minimum absolute atomic E-state index is 0.429. The third-order valence-electron chi connectivity index (χ3n) is 8.16. The van der Waals surface area contributed by atoms with Gasteiger partial charge in [0.15, 0.2) is 0 Å². The van der Waals surface area contributed by atoms with E-state index >= 15 is 0 Å². The Labute approximate surface area is 204 Å². The van der Waals surface area contributed by atoms with Crippen molar-refractivity contribution in [3.63, 3.8) is 0 Å². The van der Waals surface area contributed by atoms with E-state index in [4.69, 9.17) is 5.26 Å². The molecule has 0 radical (unpaired) electrons. The van der Waals surface area contributed by atoms with Crippen LogP contribution in [0.4, 0.5) is 13.2 Å². The van der Waals surface area contributed by atoms with Gasteiger partial charge in [-0.25, -0.2) is 0 Å². The van der Waals surface area contributed by atoms with Crippen LogP contribution < -0.4 is 0 Å². The maximum atomic E-state index is 12.8. The second-order valence-electron chi connectivity index (χ2n) is 10.5. The van der Waals surface area contributed by atoms with Gasteiger partial charge in [0, 0.05) is 6.08 Å². The molecule has 0 aliphatic heterocycles. The van der Waals surface area contributed by atoms with Crippen LogP contribution in [0.5, 0.6) is 0 Å². The summed E-state index contributed by atoms with van der Waals surface area (Å²) in [7, 11) is 0. The van der Waals surface area contributed by atoms with E-state index in [1.165, 1.54) is 88.8 Å². The first-order valence-electron chi connectivity index (χ1n) is 13.3. The molecule has 0 saturated heterocycles. The highest BCUT2D eigenvalue weighted by molar-refractivity contribution is 5.27. The second-order valence-corrected chi connectivity index (χ2v) is 10.5.